The minimum atomic E-state index is -3.67. The minimum Gasteiger partial charge on any atom is -0.480 e. The molecule has 7 heteroatoms. The van der Waals surface area contributed by atoms with Gasteiger partial charge in [-0.1, -0.05) is 24.3 Å². The summed E-state index contributed by atoms with van der Waals surface area (Å²) in [4.78, 5) is 11.4. The fourth-order valence-electron chi connectivity index (χ4n) is 3.37. The first-order chi connectivity index (χ1) is 10.4. The van der Waals surface area contributed by atoms with Crippen LogP contribution in [0, 0.1) is 0 Å². The standard InChI is InChI=1S/C15H19NO5S/c1-21-12-8-14(15(17)18)16(9-12)22(19,20)13-6-10-4-2-3-5-11(10)7-13/h2-5,12-14H,6-9H2,1H3,(H,17,18)/t12-,14-/m0/s1. The SMILES string of the molecule is CO[C@H]1C[C@@H](C(=O)O)N(S(=O)(=O)C2Cc3ccccc3C2)C1. The Labute approximate surface area is 129 Å². The van der Waals surface area contributed by atoms with Crippen LogP contribution >= 0.6 is 0 Å². The van der Waals surface area contributed by atoms with Crippen molar-refractivity contribution in [3.05, 3.63) is 35.4 Å². The van der Waals surface area contributed by atoms with Crippen LogP contribution in [-0.2, 0) is 32.4 Å². The summed E-state index contributed by atoms with van der Waals surface area (Å²) < 4.78 is 32.1. The van der Waals surface area contributed by atoms with Crippen molar-refractivity contribution < 1.29 is 23.1 Å². The minimum absolute atomic E-state index is 0.114. The average molecular weight is 325 g/mol. The van der Waals surface area contributed by atoms with Crippen molar-refractivity contribution in [1.82, 2.24) is 4.31 Å². The number of carboxylic acids is 1. The molecule has 1 saturated heterocycles. The molecule has 0 spiro atoms. The number of ether oxygens (including phenoxy) is 1. The third kappa shape index (κ3) is 2.53. The van der Waals surface area contributed by atoms with E-state index in [-0.39, 0.29) is 19.1 Å². The fraction of sp³-hybridized carbons (Fsp3) is 0.533. The van der Waals surface area contributed by atoms with Crippen LogP contribution in [0.3, 0.4) is 0 Å². The Bertz CT molecular complexity index is 662. The van der Waals surface area contributed by atoms with Crippen LogP contribution in [0.25, 0.3) is 0 Å². The number of hydrogen-bond donors (Lipinski definition) is 1. The highest BCUT2D eigenvalue weighted by atomic mass is 32.2. The zero-order valence-corrected chi connectivity index (χ0v) is 13.1. The summed E-state index contributed by atoms with van der Waals surface area (Å²) in [5.74, 6) is -1.11. The lowest BCUT2D eigenvalue weighted by Crippen LogP contribution is -2.45. The van der Waals surface area contributed by atoms with Gasteiger partial charge in [0.15, 0.2) is 0 Å². The second-order valence-corrected chi connectivity index (χ2v) is 8.03. The second-order valence-electron chi connectivity index (χ2n) is 5.86. The molecule has 0 bridgehead atoms. The molecular formula is C15H19NO5S. The van der Waals surface area contributed by atoms with E-state index in [1.807, 2.05) is 24.3 Å². The molecule has 120 valence electrons. The van der Waals surface area contributed by atoms with Crippen LogP contribution in [0.5, 0.6) is 0 Å². The van der Waals surface area contributed by atoms with Crippen molar-refractivity contribution in [1.29, 1.82) is 0 Å². The largest absolute Gasteiger partial charge is 0.480 e. The van der Waals surface area contributed by atoms with Gasteiger partial charge in [0.2, 0.25) is 10.0 Å². The molecule has 0 aromatic heterocycles. The first-order valence-electron chi connectivity index (χ1n) is 7.26. The van der Waals surface area contributed by atoms with Gasteiger partial charge in [0.25, 0.3) is 0 Å². The van der Waals surface area contributed by atoms with Gasteiger partial charge in [0.05, 0.1) is 11.4 Å². The molecule has 0 amide bonds. The Morgan fingerprint density at radius 2 is 1.86 bits per heavy atom. The van der Waals surface area contributed by atoms with Crippen LogP contribution in [0.4, 0.5) is 0 Å². The lowest BCUT2D eigenvalue weighted by molar-refractivity contribution is -0.140. The van der Waals surface area contributed by atoms with Gasteiger partial charge in [-0.15, -0.1) is 0 Å². The quantitative estimate of drug-likeness (QED) is 0.879. The zero-order valence-electron chi connectivity index (χ0n) is 12.3. The Morgan fingerprint density at radius 3 is 2.36 bits per heavy atom. The maximum atomic E-state index is 12.9. The Morgan fingerprint density at radius 1 is 1.27 bits per heavy atom. The monoisotopic (exact) mass is 325 g/mol. The van der Waals surface area contributed by atoms with Gasteiger partial charge in [0.1, 0.15) is 6.04 Å². The predicted octanol–water partition coefficient (Wildman–Crippen LogP) is 0.658. The van der Waals surface area contributed by atoms with Crippen LogP contribution in [0.1, 0.15) is 17.5 Å². The maximum absolute atomic E-state index is 12.9. The number of sulfonamides is 1. The molecule has 2 aliphatic rings. The Balaban J connectivity index is 1.86. The van der Waals surface area contributed by atoms with E-state index in [0.29, 0.717) is 12.8 Å². The van der Waals surface area contributed by atoms with E-state index in [9.17, 15) is 18.3 Å². The molecule has 6 nitrogen and oxygen atoms in total. The van der Waals surface area contributed by atoms with E-state index in [4.69, 9.17) is 4.74 Å². The smallest absolute Gasteiger partial charge is 0.322 e. The van der Waals surface area contributed by atoms with Crippen LogP contribution < -0.4 is 0 Å². The van der Waals surface area contributed by atoms with Gasteiger partial charge in [0, 0.05) is 20.1 Å². The van der Waals surface area contributed by atoms with Gasteiger partial charge in [-0.3, -0.25) is 4.79 Å². The Hall–Kier alpha value is -1.44. The van der Waals surface area contributed by atoms with Crippen LogP contribution in [0.15, 0.2) is 24.3 Å². The molecule has 1 aliphatic carbocycles. The van der Waals surface area contributed by atoms with Gasteiger partial charge in [-0.25, -0.2) is 8.42 Å². The van der Waals surface area contributed by atoms with E-state index in [1.54, 1.807) is 0 Å². The van der Waals surface area contributed by atoms with E-state index in [0.717, 1.165) is 15.4 Å². The summed E-state index contributed by atoms with van der Waals surface area (Å²) in [7, 11) is -2.19. The summed E-state index contributed by atoms with van der Waals surface area (Å²) in [6, 6.07) is 6.62. The summed E-state index contributed by atoms with van der Waals surface area (Å²) >= 11 is 0. The van der Waals surface area contributed by atoms with Crippen LogP contribution in [-0.4, -0.2) is 54.8 Å². The van der Waals surface area contributed by atoms with Gasteiger partial charge < -0.3 is 9.84 Å². The number of carboxylic acid groups (broad SMARTS) is 1. The number of hydrogen-bond acceptors (Lipinski definition) is 4. The highest BCUT2D eigenvalue weighted by Crippen LogP contribution is 2.32. The first-order valence-corrected chi connectivity index (χ1v) is 8.77. The first kappa shape index (κ1) is 15.5. The third-order valence-electron chi connectivity index (χ3n) is 4.60. The molecule has 1 heterocycles. The lowest BCUT2D eigenvalue weighted by atomic mass is 10.1. The molecule has 1 N–H and O–H groups in total. The van der Waals surface area contributed by atoms with Crippen molar-refractivity contribution in [3.8, 4) is 0 Å². The van der Waals surface area contributed by atoms with Crippen molar-refractivity contribution in [2.24, 2.45) is 0 Å². The van der Waals surface area contributed by atoms with Crippen molar-refractivity contribution in [2.45, 2.75) is 36.7 Å². The molecule has 0 unspecified atom stereocenters. The van der Waals surface area contributed by atoms with E-state index in [1.165, 1.54) is 7.11 Å². The molecule has 1 aromatic carbocycles. The van der Waals surface area contributed by atoms with Crippen molar-refractivity contribution in [3.63, 3.8) is 0 Å². The van der Waals surface area contributed by atoms with Crippen molar-refractivity contribution >= 4 is 16.0 Å². The summed E-state index contributed by atoms with van der Waals surface area (Å²) in [6.07, 6.45) is 0.725. The number of benzene rings is 1. The third-order valence-corrected chi connectivity index (χ3v) is 6.83. The molecule has 1 aromatic rings. The van der Waals surface area contributed by atoms with Crippen molar-refractivity contribution in [2.75, 3.05) is 13.7 Å². The van der Waals surface area contributed by atoms with E-state index >= 15 is 0 Å². The molecule has 2 atom stereocenters. The number of aliphatic carboxylic acids is 1. The molecule has 0 radical (unpaired) electrons. The molecule has 3 rings (SSSR count). The van der Waals surface area contributed by atoms with E-state index < -0.39 is 27.3 Å². The van der Waals surface area contributed by atoms with Crippen LogP contribution in [0.2, 0.25) is 0 Å². The lowest BCUT2D eigenvalue weighted by Gasteiger charge is -2.24. The normalized spacial score (nSPS) is 26.2. The van der Waals surface area contributed by atoms with Gasteiger partial charge in [-0.05, 0) is 24.0 Å². The number of rotatable bonds is 4. The molecule has 0 saturated carbocycles. The molecular weight excluding hydrogens is 306 g/mol. The highest BCUT2D eigenvalue weighted by Gasteiger charge is 2.47. The Kier molecular flexibility index (Phi) is 3.96. The number of carbonyl (C=O) groups is 1. The van der Waals surface area contributed by atoms with E-state index in [2.05, 4.69) is 0 Å². The summed E-state index contributed by atoms with van der Waals surface area (Å²) in [6.45, 7) is 0.114. The number of methoxy groups -OCH3 is 1. The van der Waals surface area contributed by atoms with Gasteiger partial charge >= 0.3 is 5.97 Å². The maximum Gasteiger partial charge on any atom is 0.322 e. The zero-order chi connectivity index (χ0) is 15.9. The molecule has 22 heavy (non-hydrogen) atoms. The number of nitrogens with zero attached hydrogens (tertiary/aromatic N) is 1. The predicted molar refractivity (Wildman–Crippen MR) is 80.1 cm³/mol. The fourth-order valence-corrected chi connectivity index (χ4v) is 5.43. The molecule has 1 fully saturated rings. The molecule has 1 aliphatic heterocycles. The topological polar surface area (TPSA) is 83.9 Å². The summed E-state index contributed by atoms with van der Waals surface area (Å²) in [5, 5.41) is 8.73. The average Bonchev–Trinajstić information content (AvgIpc) is 3.11. The highest BCUT2D eigenvalue weighted by molar-refractivity contribution is 7.89. The summed E-state index contributed by atoms with van der Waals surface area (Å²) in [5.41, 5.74) is 2.07. The van der Waals surface area contributed by atoms with Gasteiger partial charge in [-0.2, -0.15) is 4.31 Å². The second kappa shape index (κ2) is 5.64. The number of fused-ring (bicyclic) bond motifs is 1.